The summed E-state index contributed by atoms with van der Waals surface area (Å²) in [5, 5.41) is 6.26. The Morgan fingerprint density at radius 2 is 1.82 bits per heavy atom. The zero-order valence-electron chi connectivity index (χ0n) is 22.4. The van der Waals surface area contributed by atoms with Crippen LogP contribution in [0.2, 0.25) is 0 Å². The molecule has 8 nitrogen and oxygen atoms in total. The first-order valence-electron chi connectivity index (χ1n) is 14.4. The molecule has 2 saturated carbocycles. The van der Waals surface area contributed by atoms with Crippen molar-refractivity contribution >= 4 is 23.4 Å². The lowest BCUT2D eigenvalue weighted by atomic mass is 9.74. The number of carbonyl (C=O) groups excluding carboxylic acids is 3. The van der Waals surface area contributed by atoms with Crippen molar-refractivity contribution in [1.82, 2.24) is 10.2 Å². The summed E-state index contributed by atoms with van der Waals surface area (Å²) < 4.78 is 11.8. The fraction of sp³-hybridized carbons (Fsp3) is 0.633. The Bertz CT molecular complexity index is 1120. The minimum absolute atomic E-state index is 0.0149. The van der Waals surface area contributed by atoms with Gasteiger partial charge < -0.3 is 25.0 Å². The molecule has 0 aromatic heterocycles. The van der Waals surface area contributed by atoms with E-state index in [1.165, 1.54) is 6.42 Å². The highest BCUT2D eigenvalue weighted by Crippen LogP contribution is 2.56. The molecule has 3 heterocycles. The average molecular weight is 522 g/mol. The molecule has 3 aliphatic heterocycles. The molecule has 2 N–H and O–H groups in total. The first-order valence-corrected chi connectivity index (χ1v) is 14.4. The van der Waals surface area contributed by atoms with Gasteiger partial charge in [0.05, 0.1) is 25.0 Å². The van der Waals surface area contributed by atoms with Crippen LogP contribution in [-0.4, -0.2) is 59.6 Å². The van der Waals surface area contributed by atoms with E-state index in [-0.39, 0.29) is 29.8 Å². The number of anilines is 1. The highest BCUT2D eigenvalue weighted by atomic mass is 16.5. The second-order valence-electron chi connectivity index (χ2n) is 11.9. The Hall–Kier alpha value is -2.87. The fourth-order valence-corrected chi connectivity index (χ4v) is 7.57. The molecule has 2 saturated heterocycles. The molecule has 4 fully saturated rings. The monoisotopic (exact) mass is 521 g/mol. The van der Waals surface area contributed by atoms with E-state index < -0.39 is 29.6 Å². The Balaban J connectivity index is 1.31. The first-order chi connectivity index (χ1) is 18.4. The average Bonchev–Trinajstić information content (AvgIpc) is 3.57. The maximum atomic E-state index is 14.3. The predicted octanol–water partition coefficient (Wildman–Crippen LogP) is 3.81. The number of ether oxygens (including phenoxy) is 2. The standard InChI is InChI=1S/C30H39N3O5/c1-18-11-13-21(14-12-18)33-26(28(35)31-19-7-4-3-5-8-19)30-16-15-23(38-30)24(25(30)29(33)36)27(34)32-20-9-6-10-22(17-20)37-2/h6,9-10,15-19,21,23-26H,3-5,7-8,11-14H2,1-2H3,(H,31,35)(H,32,34)/t18?,21?,23-,24+,25-,26+,30-/m0/s1. The summed E-state index contributed by atoms with van der Waals surface area (Å²) in [4.78, 5) is 43.8. The van der Waals surface area contributed by atoms with Crippen molar-refractivity contribution in [2.45, 2.75) is 94.5 Å². The summed E-state index contributed by atoms with van der Waals surface area (Å²) in [7, 11) is 1.58. The number of benzene rings is 1. The van der Waals surface area contributed by atoms with Crippen molar-refractivity contribution in [3.8, 4) is 5.75 Å². The summed E-state index contributed by atoms with van der Waals surface area (Å²) >= 11 is 0. The Kier molecular flexibility index (Phi) is 6.70. The highest BCUT2D eigenvalue weighted by Gasteiger charge is 2.73. The van der Waals surface area contributed by atoms with Gasteiger partial charge in [-0.25, -0.2) is 0 Å². The van der Waals surface area contributed by atoms with Gasteiger partial charge in [-0.05, 0) is 56.6 Å². The summed E-state index contributed by atoms with van der Waals surface area (Å²) in [6.45, 7) is 2.25. The van der Waals surface area contributed by atoms with E-state index in [0.29, 0.717) is 17.4 Å². The van der Waals surface area contributed by atoms with Gasteiger partial charge in [0.1, 0.15) is 17.4 Å². The molecular formula is C30H39N3O5. The second-order valence-corrected chi connectivity index (χ2v) is 11.9. The van der Waals surface area contributed by atoms with Gasteiger partial charge in [-0.1, -0.05) is 44.4 Å². The SMILES string of the molecule is COc1cccc(NC(=O)[C@@H]2[C@@H]3C=C[C@]4(O3)[C@@H]2C(=O)N(C2CCC(C)CC2)[C@@H]4C(=O)NC2CCCCC2)c1. The van der Waals surface area contributed by atoms with Crippen molar-refractivity contribution in [3.63, 3.8) is 0 Å². The lowest BCUT2D eigenvalue weighted by molar-refractivity contribution is -0.145. The van der Waals surface area contributed by atoms with Crippen molar-refractivity contribution in [3.05, 3.63) is 36.4 Å². The summed E-state index contributed by atoms with van der Waals surface area (Å²) in [5.41, 5.74) is -0.509. The van der Waals surface area contributed by atoms with Crippen LogP contribution in [0, 0.1) is 17.8 Å². The van der Waals surface area contributed by atoms with Gasteiger partial charge in [0.25, 0.3) is 0 Å². The van der Waals surface area contributed by atoms with Gasteiger partial charge in [-0.3, -0.25) is 14.4 Å². The van der Waals surface area contributed by atoms with Crippen LogP contribution in [0.3, 0.4) is 0 Å². The van der Waals surface area contributed by atoms with Gasteiger partial charge >= 0.3 is 0 Å². The third-order valence-corrected chi connectivity index (χ3v) is 9.53. The van der Waals surface area contributed by atoms with Crippen molar-refractivity contribution in [2.75, 3.05) is 12.4 Å². The molecule has 0 unspecified atom stereocenters. The molecule has 204 valence electrons. The van der Waals surface area contributed by atoms with Gasteiger partial charge in [0.2, 0.25) is 17.7 Å². The molecule has 8 heteroatoms. The van der Waals surface area contributed by atoms with Gasteiger partial charge in [-0.15, -0.1) is 0 Å². The Labute approximate surface area is 224 Å². The van der Waals surface area contributed by atoms with E-state index in [1.54, 1.807) is 19.2 Å². The van der Waals surface area contributed by atoms with Crippen LogP contribution in [0.25, 0.3) is 0 Å². The lowest BCUT2D eigenvalue weighted by Crippen LogP contribution is -2.58. The summed E-state index contributed by atoms with van der Waals surface area (Å²) in [5.74, 6) is -0.683. The van der Waals surface area contributed by atoms with E-state index in [0.717, 1.165) is 51.4 Å². The summed E-state index contributed by atoms with van der Waals surface area (Å²) in [6.07, 6.45) is 12.4. The number of rotatable bonds is 6. The number of nitrogens with one attached hydrogen (secondary N) is 2. The van der Waals surface area contributed by atoms with Crippen LogP contribution in [0.1, 0.15) is 64.7 Å². The lowest BCUT2D eigenvalue weighted by Gasteiger charge is -2.40. The third-order valence-electron chi connectivity index (χ3n) is 9.53. The number of nitrogens with zero attached hydrogens (tertiary/aromatic N) is 1. The van der Waals surface area contributed by atoms with Crippen LogP contribution >= 0.6 is 0 Å². The number of hydrogen-bond donors (Lipinski definition) is 2. The largest absolute Gasteiger partial charge is 0.497 e. The van der Waals surface area contributed by atoms with Crippen LogP contribution in [0.15, 0.2) is 36.4 Å². The molecule has 5 atom stereocenters. The molecule has 3 amide bonds. The minimum atomic E-state index is -1.11. The highest BCUT2D eigenvalue weighted by molar-refractivity contribution is 6.03. The van der Waals surface area contributed by atoms with E-state index in [1.807, 2.05) is 29.2 Å². The fourth-order valence-electron chi connectivity index (χ4n) is 7.57. The minimum Gasteiger partial charge on any atom is -0.497 e. The Morgan fingerprint density at radius 1 is 1.05 bits per heavy atom. The second kappa shape index (κ2) is 10.0. The molecule has 1 spiro atoms. The number of methoxy groups -OCH3 is 1. The maximum absolute atomic E-state index is 14.3. The molecule has 2 bridgehead atoms. The molecule has 0 radical (unpaired) electrons. The number of carbonyl (C=O) groups is 3. The van der Waals surface area contributed by atoms with Crippen molar-refractivity contribution in [1.29, 1.82) is 0 Å². The number of likely N-dealkylation sites (tertiary alicyclic amines) is 1. The third kappa shape index (κ3) is 4.21. The molecule has 1 aromatic rings. The van der Waals surface area contributed by atoms with Crippen molar-refractivity contribution in [2.24, 2.45) is 17.8 Å². The molecule has 5 aliphatic rings. The topological polar surface area (TPSA) is 97.0 Å². The number of amides is 3. The summed E-state index contributed by atoms with van der Waals surface area (Å²) in [6, 6.07) is 6.54. The van der Waals surface area contributed by atoms with Gasteiger partial charge in [0.15, 0.2) is 0 Å². The van der Waals surface area contributed by atoms with Gasteiger partial charge in [0, 0.05) is 23.8 Å². The van der Waals surface area contributed by atoms with E-state index in [9.17, 15) is 14.4 Å². The zero-order chi connectivity index (χ0) is 26.4. The van der Waals surface area contributed by atoms with Gasteiger partial charge in [-0.2, -0.15) is 0 Å². The molecule has 2 aliphatic carbocycles. The number of fused-ring (bicyclic) bond motifs is 1. The Morgan fingerprint density at radius 3 is 2.55 bits per heavy atom. The molecule has 38 heavy (non-hydrogen) atoms. The molecular weight excluding hydrogens is 482 g/mol. The molecule has 6 rings (SSSR count). The van der Waals surface area contributed by atoms with E-state index in [4.69, 9.17) is 9.47 Å². The van der Waals surface area contributed by atoms with E-state index in [2.05, 4.69) is 17.6 Å². The maximum Gasteiger partial charge on any atom is 0.246 e. The van der Waals surface area contributed by atoms with E-state index >= 15 is 0 Å². The quantitative estimate of drug-likeness (QED) is 0.555. The predicted molar refractivity (Wildman–Crippen MR) is 142 cm³/mol. The van der Waals surface area contributed by atoms with Crippen LogP contribution in [-0.2, 0) is 19.1 Å². The first kappa shape index (κ1) is 25.4. The zero-order valence-corrected chi connectivity index (χ0v) is 22.4. The van der Waals surface area contributed by atoms with Crippen molar-refractivity contribution < 1.29 is 23.9 Å². The number of hydrogen-bond acceptors (Lipinski definition) is 5. The van der Waals surface area contributed by atoms with Crippen LogP contribution < -0.4 is 15.4 Å². The van der Waals surface area contributed by atoms with Crippen LogP contribution in [0.4, 0.5) is 5.69 Å². The molecule has 1 aromatic carbocycles. The van der Waals surface area contributed by atoms with Crippen LogP contribution in [0.5, 0.6) is 5.75 Å². The smallest absolute Gasteiger partial charge is 0.246 e. The normalized spacial score (nSPS) is 36.3.